The van der Waals surface area contributed by atoms with Crippen LogP contribution in [-0.2, 0) is 6.42 Å². The molecule has 1 aromatic carbocycles. The van der Waals surface area contributed by atoms with Crippen LogP contribution in [0, 0.1) is 5.92 Å². The van der Waals surface area contributed by atoms with Crippen molar-refractivity contribution in [2.24, 2.45) is 11.7 Å². The van der Waals surface area contributed by atoms with E-state index in [1.165, 1.54) is 5.56 Å². The Hall–Kier alpha value is -1.55. The normalized spacial score (nSPS) is 24.6. The van der Waals surface area contributed by atoms with Crippen LogP contribution in [0.25, 0.3) is 11.0 Å². The molecule has 4 heteroatoms. The van der Waals surface area contributed by atoms with Crippen LogP contribution in [-0.4, -0.2) is 16.0 Å². The lowest BCUT2D eigenvalue weighted by Gasteiger charge is -2.32. The first-order valence-electron chi connectivity index (χ1n) is 5.67. The molecule has 0 bridgehead atoms. The first-order chi connectivity index (χ1) is 7.70. The van der Waals surface area contributed by atoms with Crippen molar-refractivity contribution in [1.29, 1.82) is 0 Å². The van der Waals surface area contributed by atoms with Crippen LogP contribution in [0.2, 0.25) is 0 Å². The van der Waals surface area contributed by atoms with E-state index in [0.717, 1.165) is 36.2 Å². The number of nitrogens with one attached hydrogen (secondary N) is 2. The van der Waals surface area contributed by atoms with Crippen LogP contribution >= 0.6 is 0 Å². The summed E-state index contributed by atoms with van der Waals surface area (Å²) in [6.45, 7) is 0. The number of rotatable bonds is 2. The fourth-order valence-corrected chi connectivity index (χ4v) is 2.49. The number of H-pyrrole nitrogens is 2. The van der Waals surface area contributed by atoms with Crippen LogP contribution in [0.4, 0.5) is 0 Å². The van der Waals surface area contributed by atoms with Gasteiger partial charge in [-0.25, -0.2) is 4.79 Å². The minimum atomic E-state index is -0.141. The van der Waals surface area contributed by atoms with Crippen molar-refractivity contribution in [2.45, 2.75) is 25.3 Å². The van der Waals surface area contributed by atoms with Gasteiger partial charge >= 0.3 is 5.69 Å². The molecule has 4 nitrogen and oxygen atoms in total. The third-order valence-electron chi connectivity index (χ3n) is 3.38. The van der Waals surface area contributed by atoms with Crippen LogP contribution in [0.3, 0.4) is 0 Å². The number of fused-ring (bicyclic) bond motifs is 1. The molecular formula is C12H15N3O. The van der Waals surface area contributed by atoms with Gasteiger partial charge in [-0.15, -0.1) is 0 Å². The molecule has 0 atom stereocenters. The quantitative estimate of drug-likeness (QED) is 0.705. The molecular weight excluding hydrogens is 202 g/mol. The molecule has 84 valence electrons. The Bertz CT molecular complexity index is 563. The highest BCUT2D eigenvalue weighted by Crippen LogP contribution is 2.29. The molecule has 0 unspecified atom stereocenters. The molecule has 1 aliphatic rings. The average Bonchev–Trinajstić information content (AvgIpc) is 2.55. The summed E-state index contributed by atoms with van der Waals surface area (Å²) in [5, 5.41) is 0. The van der Waals surface area contributed by atoms with Crippen molar-refractivity contribution in [3.8, 4) is 0 Å². The van der Waals surface area contributed by atoms with Crippen molar-refractivity contribution >= 4 is 11.0 Å². The maximum Gasteiger partial charge on any atom is 0.323 e. The van der Waals surface area contributed by atoms with Gasteiger partial charge in [0.25, 0.3) is 0 Å². The largest absolute Gasteiger partial charge is 0.328 e. The number of nitrogens with two attached hydrogens (primary N) is 1. The fraction of sp³-hybridized carbons (Fsp3) is 0.417. The predicted octanol–water partition coefficient (Wildman–Crippen LogP) is 1.14. The molecule has 1 aromatic heterocycles. The van der Waals surface area contributed by atoms with Crippen LogP contribution < -0.4 is 11.4 Å². The van der Waals surface area contributed by atoms with Gasteiger partial charge in [-0.1, -0.05) is 6.07 Å². The maximum absolute atomic E-state index is 11.1. The SMILES string of the molecule is NC1CC(Cc2ccc3[nH]c(=O)[nH]c3c2)C1. The Morgan fingerprint density at radius 3 is 2.75 bits per heavy atom. The third-order valence-corrected chi connectivity index (χ3v) is 3.38. The summed E-state index contributed by atoms with van der Waals surface area (Å²) in [6, 6.07) is 6.49. The van der Waals surface area contributed by atoms with Crippen molar-refractivity contribution < 1.29 is 0 Å². The van der Waals surface area contributed by atoms with Gasteiger partial charge in [0.15, 0.2) is 0 Å². The van der Waals surface area contributed by atoms with Crippen LogP contribution in [0.5, 0.6) is 0 Å². The average molecular weight is 217 g/mol. The van der Waals surface area contributed by atoms with Gasteiger partial charge in [0.1, 0.15) is 0 Å². The van der Waals surface area contributed by atoms with Gasteiger partial charge in [-0.05, 0) is 42.9 Å². The van der Waals surface area contributed by atoms with Crippen molar-refractivity contribution in [3.05, 3.63) is 34.2 Å². The fourth-order valence-electron chi connectivity index (χ4n) is 2.49. The highest BCUT2D eigenvalue weighted by Gasteiger charge is 2.25. The van der Waals surface area contributed by atoms with E-state index >= 15 is 0 Å². The monoisotopic (exact) mass is 217 g/mol. The van der Waals surface area contributed by atoms with E-state index in [1.54, 1.807) is 0 Å². The van der Waals surface area contributed by atoms with Crippen LogP contribution in [0.1, 0.15) is 18.4 Å². The molecule has 1 saturated carbocycles. The highest BCUT2D eigenvalue weighted by molar-refractivity contribution is 5.75. The molecule has 4 N–H and O–H groups in total. The van der Waals surface area contributed by atoms with Crippen molar-refractivity contribution in [1.82, 2.24) is 9.97 Å². The first-order valence-corrected chi connectivity index (χ1v) is 5.67. The number of hydrogen-bond donors (Lipinski definition) is 3. The van der Waals surface area contributed by atoms with Crippen molar-refractivity contribution in [2.75, 3.05) is 0 Å². The molecule has 0 radical (unpaired) electrons. The van der Waals surface area contributed by atoms with Crippen LogP contribution in [0.15, 0.2) is 23.0 Å². The third kappa shape index (κ3) is 1.65. The molecule has 2 aromatic rings. The standard InChI is InChI=1S/C12H15N3O/c13-9-4-8(5-9)3-7-1-2-10-11(6-7)15-12(16)14-10/h1-2,6,8-9H,3-5,13H2,(H2,14,15,16). The van der Waals surface area contributed by atoms with Gasteiger partial charge in [0.05, 0.1) is 11.0 Å². The maximum atomic E-state index is 11.1. The number of benzene rings is 1. The summed E-state index contributed by atoms with van der Waals surface area (Å²) >= 11 is 0. The van der Waals surface area contributed by atoms with Gasteiger partial charge in [0, 0.05) is 6.04 Å². The molecule has 0 spiro atoms. The zero-order chi connectivity index (χ0) is 11.1. The summed E-state index contributed by atoms with van der Waals surface area (Å²) in [5.74, 6) is 0.720. The van der Waals surface area contributed by atoms with Gasteiger partial charge < -0.3 is 15.7 Å². The summed E-state index contributed by atoms with van der Waals surface area (Å²) in [5.41, 5.74) is 8.67. The van der Waals surface area contributed by atoms with Gasteiger partial charge in [0.2, 0.25) is 0 Å². The second kappa shape index (κ2) is 3.49. The Kier molecular flexibility index (Phi) is 2.11. The summed E-state index contributed by atoms with van der Waals surface area (Å²) in [4.78, 5) is 16.6. The Labute approximate surface area is 92.9 Å². The van der Waals surface area contributed by atoms with Gasteiger partial charge in [-0.3, -0.25) is 0 Å². The summed E-state index contributed by atoms with van der Waals surface area (Å²) in [6.07, 6.45) is 3.32. The lowest BCUT2D eigenvalue weighted by molar-refractivity contribution is 0.264. The first kappa shape index (κ1) is 9.66. The number of hydrogen-bond acceptors (Lipinski definition) is 2. The smallest absolute Gasteiger partial charge is 0.323 e. The molecule has 3 rings (SSSR count). The number of aromatic amines is 2. The lowest BCUT2D eigenvalue weighted by atomic mass is 9.77. The zero-order valence-electron chi connectivity index (χ0n) is 8.99. The summed E-state index contributed by atoms with van der Waals surface area (Å²) in [7, 11) is 0. The van der Waals surface area contributed by atoms with E-state index in [4.69, 9.17) is 5.73 Å². The predicted molar refractivity (Wildman–Crippen MR) is 63.3 cm³/mol. The molecule has 1 heterocycles. The molecule has 0 aliphatic heterocycles. The molecule has 1 aliphatic carbocycles. The Morgan fingerprint density at radius 2 is 2.00 bits per heavy atom. The highest BCUT2D eigenvalue weighted by atomic mass is 16.1. The molecule has 1 fully saturated rings. The van der Waals surface area contributed by atoms with E-state index < -0.39 is 0 Å². The minimum absolute atomic E-state index is 0.141. The Morgan fingerprint density at radius 1 is 1.25 bits per heavy atom. The molecule has 16 heavy (non-hydrogen) atoms. The second-order valence-corrected chi connectivity index (χ2v) is 4.76. The van der Waals surface area contributed by atoms with Crippen molar-refractivity contribution in [3.63, 3.8) is 0 Å². The van der Waals surface area contributed by atoms with E-state index in [0.29, 0.717) is 6.04 Å². The van der Waals surface area contributed by atoms with E-state index in [9.17, 15) is 4.79 Å². The minimum Gasteiger partial charge on any atom is -0.328 e. The zero-order valence-corrected chi connectivity index (χ0v) is 8.99. The van der Waals surface area contributed by atoms with E-state index in [1.807, 2.05) is 6.07 Å². The second-order valence-electron chi connectivity index (χ2n) is 4.76. The van der Waals surface area contributed by atoms with Gasteiger partial charge in [-0.2, -0.15) is 0 Å². The number of imidazole rings is 1. The molecule has 0 saturated heterocycles. The van der Waals surface area contributed by atoms with E-state index in [2.05, 4.69) is 22.1 Å². The Balaban J connectivity index is 1.84. The lowest BCUT2D eigenvalue weighted by Crippen LogP contribution is -2.37. The number of aromatic nitrogens is 2. The summed E-state index contributed by atoms with van der Waals surface area (Å²) < 4.78 is 0. The van der Waals surface area contributed by atoms with E-state index in [-0.39, 0.29) is 5.69 Å². The molecule has 0 amide bonds. The topological polar surface area (TPSA) is 74.7 Å².